The number of carbonyl (C=O) groups excluding carboxylic acids is 1. The Morgan fingerprint density at radius 3 is 2.19 bits per heavy atom. The lowest BCUT2D eigenvalue weighted by atomic mass is 9.63. The summed E-state index contributed by atoms with van der Waals surface area (Å²) in [5, 5.41) is 7.21. The molecular weight excluding hydrogens is 444 g/mol. The summed E-state index contributed by atoms with van der Waals surface area (Å²) in [6, 6.07) is 14.2. The highest BCUT2D eigenvalue weighted by Gasteiger charge is 2.45. The van der Waals surface area contributed by atoms with Crippen molar-refractivity contribution < 1.29 is 4.79 Å². The van der Waals surface area contributed by atoms with E-state index in [0.29, 0.717) is 11.6 Å². The van der Waals surface area contributed by atoms with Gasteiger partial charge in [-0.25, -0.2) is 9.80 Å². The van der Waals surface area contributed by atoms with Crippen molar-refractivity contribution in [3.05, 3.63) is 53.6 Å². The number of benzene rings is 2. The molecule has 0 unspecified atom stereocenters. The van der Waals surface area contributed by atoms with Crippen molar-refractivity contribution in [2.45, 2.75) is 92.0 Å². The summed E-state index contributed by atoms with van der Waals surface area (Å²) in [7, 11) is 0. The third-order valence-corrected chi connectivity index (χ3v) is 8.30. The number of nitrogens with zero attached hydrogens (tertiary/aromatic N) is 3. The van der Waals surface area contributed by atoms with E-state index in [0.717, 1.165) is 60.3 Å². The van der Waals surface area contributed by atoms with Gasteiger partial charge >= 0.3 is 6.03 Å². The van der Waals surface area contributed by atoms with Gasteiger partial charge in [-0.1, -0.05) is 59.1 Å². The summed E-state index contributed by atoms with van der Waals surface area (Å²) in [5.74, 6) is 0.381. The summed E-state index contributed by atoms with van der Waals surface area (Å²) < 4.78 is 0. The molecule has 1 aliphatic heterocycles. The summed E-state index contributed by atoms with van der Waals surface area (Å²) in [5.41, 5.74) is 12.1. The summed E-state index contributed by atoms with van der Waals surface area (Å²) in [6.45, 7) is 11.4. The van der Waals surface area contributed by atoms with Crippen LogP contribution in [-0.4, -0.2) is 22.8 Å². The van der Waals surface area contributed by atoms with Gasteiger partial charge in [0, 0.05) is 17.2 Å². The fourth-order valence-corrected chi connectivity index (χ4v) is 7.21. The van der Waals surface area contributed by atoms with Gasteiger partial charge in [-0.2, -0.15) is 5.10 Å². The van der Waals surface area contributed by atoms with Crippen LogP contribution in [0.1, 0.15) is 90.2 Å². The minimum atomic E-state index is -0.0593. The lowest BCUT2D eigenvalue weighted by Crippen LogP contribution is -2.49. The van der Waals surface area contributed by atoms with E-state index in [9.17, 15) is 4.79 Å². The highest BCUT2D eigenvalue weighted by Crippen LogP contribution is 2.48. The second kappa shape index (κ2) is 9.24. The predicted molar refractivity (Wildman–Crippen MR) is 150 cm³/mol. The number of amides is 2. The first-order valence-electron chi connectivity index (χ1n) is 13.7. The topological polar surface area (TPSA) is 61.9 Å². The maximum absolute atomic E-state index is 14.6. The van der Waals surface area contributed by atoms with Crippen LogP contribution in [0.15, 0.2) is 47.6 Å². The van der Waals surface area contributed by atoms with Gasteiger partial charge in [0.1, 0.15) is 0 Å². The molecule has 192 valence electrons. The van der Waals surface area contributed by atoms with Crippen LogP contribution in [0.4, 0.5) is 21.9 Å². The molecular formula is C31H42N4O. The van der Waals surface area contributed by atoms with E-state index in [-0.39, 0.29) is 22.9 Å². The Labute approximate surface area is 216 Å². The molecule has 2 aliphatic carbocycles. The SMILES string of the molecule is Cc1ccc2c(c1)N(c1ccc(N)cc1)C(=O)N(C1CC(C)(C)CC(C)(C)C1)N=C2C1CCCCC1. The number of fused-ring (bicyclic) bond motifs is 1. The Kier molecular flexibility index (Phi) is 6.38. The van der Waals surface area contributed by atoms with Crippen molar-refractivity contribution in [1.29, 1.82) is 0 Å². The number of carbonyl (C=O) groups is 1. The zero-order chi connectivity index (χ0) is 25.7. The van der Waals surface area contributed by atoms with Gasteiger partial charge in [0.25, 0.3) is 0 Å². The smallest absolute Gasteiger partial charge is 0.349 e. The maximum atomic E-state index is 14.6. The van der Waals surface area contributed by atoms with Crippen molar-refractivity contribution in [3.8, 4) is 0 Å². The van der Waals surface area contributed by atoms with Crippen LogP contribution in [0.5, 0.6) is 0 Å². The Morgan fingerprint density at radius 2 is 1.56 bits per heavy atom. The van der Waals surface area contributed by atoms with Gasteiger partial charge in [-0.05, 0) is 85.8 Å². The van der Waals surface area contributed by atoms with E-state index in [1.807, 2.05) is 34.2 Å². The standard InChI is InChI=1S/C31H42N4O/c1-21-11-16-26-27(17-21)34(24-14-12-23(32)13-15-24)29(36)35(33-28(26)22-9-7-6-8-10-22)25-18-30(2,3)20-31(4,5)19-25/h11-17,22,25H,6-10,18-20,32H2,1-5H3. The number of nitrogen functional groups attached to an aromatic ring is 1. The highest BCUT2D eigenvalue weighted by molar-refractivity contribution is 6.14. The van der Waals surface area contributed by atoms with Crippen molar-refractivity contribution in [2.75, 3.05) is 10.6 Å². The van der Waals surface area contributed by atoms with Crippen LogP contribution in [0.2, 0.25) is 0 Å². The quantitative estimate of drug-likeness (QED) is 0.446. The molecule has 0 spiro atoms. The Bertz CT molecular complexity index is 1140. The van der Waals surface area contributed by atoms with E-state index in [1.165, 1.54) is 19.3 Å². The molecule has 0 atom stereocenters. The molecule has 0 aromatic heterocycles. The van der Waals surface area contributed by atoms with Crippen LogP contribution in [0.25, 0.3) is 0 Å². The van der Waals surface area contributed by atoms with E-state index >= 15 is 0 Å². The lowest BCUT2D eigenvalue weighted by molar-refractivity contribution is 0.0423. The van der Waals surface area contributed by atoms with Crippen LogP contribution >= 0.6 is 0 Å². The van der Waals surface area contributed by atoms with Gasteiger partial charge in [0.15, 0.2) is 0 Å². The monoisotopic (exact) mass is 486 g/mol. The largest absolute Gasteiger partial charge is 0.399 e. The molecule has 2 N–H and O–H groups in total. The van der Waals surface area contributed by atoms with Crippen molar-refractivity contribution in [1.82, 2.24) is 5.01 Å². The summed E-state index contributed by atoms with van der Waals surface area (Å²) in [6.07, 6.45) is 9.07. The van der Waals surface area contributed by atoms with Gasteiger partial charge in [0.05, 0.1) is 23.1 Å². The molecule has 5 heteroatoms. The first kappa shape index (κ1) is 24.9. The number of anilines is 3. The third-order valence-electron chi connectivity index (χ3n) is 8.30. The minimum absolute atomic E-state index is 0.0570. The summed E-state index contributed by atoms with van der Waals surface area (Å²) >= 11 is 0. The van der Waals surface area contributed by atoms with Crippen molar-refractivity contribution in [2.24, 2.45) is 21.8 Å². The average Bonchev–Trinajstić information content (AvgIpc) is 2.92. The zero-order valence-corrected chi connectivity index (χ0v) is 22.7. The molecule has 0 saturated heterocycles. The summed E-state index contributed by atoms with van der Waals surface area (Å²) in [4.78, 5) is 16.5. The van der Waals surface area contributed by atoms with Crippen LogP contribution < -0.4 is 10.6 Å². The number of nitrogens with two attached hydrogens (primary N) is 1. The first-order valence-corrected chi connectivity index (χ1v) is 13.7. The Morgan fingerprint density at radius 1 is 0.917 bits per heavy atom. The third kappa shape index (κ3) is 4.89. The number of rotatable bonds is 3. The highest BCUT2D eigenvalue weighted by atomic mass is 16.2. The van der Waals surface area contributed by atoms with E-state index in [4.69, 9.17) is 10.8 Å². The van der Waals surface area contributed by atoms with E-state index < -0.39 is 0 Å². The number of hydrazone groups is 1. The van der Waals surface area contributed by atoms with Crippen molar-refractivity contribution >= 4 is 28.8 Å². The molecule has 36 heavy (non-hydrogen) atoms. The fourth-order valence-electron chi connectivity index (χ4n) is 7.21. The lowest BCUT2D eigenvalue weighted by Gasteiger charge is -2.47. The average molecular weight is 487 g/mol. The van der Waals surface area contributed by atoms with Crippen LogP contribution in [-0.2, 0) is 0 Å². The number of aryl methyl sites for hydroxylation is 1. The molecule has 2 aromatic rings. The van der Waals surface area contributed by atoms with Crippen LogP contribution in [0.3, 0.4) is 0 Å². The van der Waals surface area contributed by atoms with Gasteiger partial charge in [-0.15, -0.1) is 0 Å². The number of hydrogen-bond donors (Lipinski definition) is 1. The molecule has 3 aliphatic rings. The molecule has 2 aromatic carbocycles. The first-order chi connectivity index (χ1) is 17.0. The predicted octanol–water partition coefficient (Wildman–Crippen LogP) is 8.04. The maximum Gasteiger partial charge on any atom is 0.349 e. The number of urea groups is 1. The molecule has 2 fully saturated rings. The van der Waals surface area contributed by atoms with E-state index in [2.05, 4.69) is 52.8 Å². The molecule has 0 bridgehead atoms. The zero-order valence-electron chi connectivity index (χ0n) is 22.7. The van der Waals surface area contributed by atoms with Gasteiger partial charge in [0.2, 0.25) is 0 Å². The second-order valence-electron chi connectivity index (χ2n) is 13.0. The molecule has 2 saturated carbocycles. The molecule has 2 amide bonds. The normalized spacial score (nSPS) is 22.7. The van der Waals surface area contributed by atoms with E-state index in [1.54, 1.807) is 0 Å². The molecule has 1 heterocycles. The Hall–Kier alpha value is -2.82. The minimum Gasteiger partial charge on any atom is -0.399 e. The number of hydrogen-bond acceptors (Lipinski definition) is 3. The van der Waals surface area contributed by atoms with Gasteiger partial charge < -0.3 is 5.73 Å². The van der Waals surface area contributed by atoms with Crippen molar-refractivity contribution in [3.63, 3.8) is 0 Å². The molecule has 0 radical (unpaired) electrons. The molecule has 5 rings (SSSR count). The van der Waals surface area contributed by atoms with Crippen LogP contribution in [0, 0.1) is 23.7 Å². The Balaban J connectivity index is 1.69. The fraction of sp³-hybridized carbons (Fsp3) is 0.548. The molecule has 5 nitrogen and oxygen atoms in total. The van der Waals surface area contributed by atoms with Gasteiger partial charge in [-0.3, -0.25) is 4.90 Å². The second-order valence-corrected chi connectivity index (χ2v) is 13.0.